The second kappa shape index (κ2) is 9.12. The van der Waals surface area contributed by atoms with Crippen molar-refractivity contribution in [3.63, 3.8) is 0 Å². The van der Waals surface area contributed by atoms with E-state index in [9.17, 15) is 9.59 Å². The van der Waals surface area contributed by atoms with Crippen molar-refractivity contribution >= 4 is 11.8 Å². The van der Waals surface area contributed by atoms with Crippen LogP contribution in [-0.2, 0) is 4.79 Å². The fourth-order valence-corrected chi connectivity index (χ4v) is 2.61. The molecule has 1 heterocycles. The van der Waals surface area contributed by atoms with Crippen molar-refractivity contribution in [3.8, 4) is 11.4 Å². The first kappa shape index (κ1) is 19.6. The summed E-state index contributed by atoms with van der Waals surface area (Å²) in [7, 11) is 1.81. The van der Waals surface area contributed by atoms with E-state index in [2.05, 4.69) is 15.5 Å². The number of nitrogens with one attached hydrogen (secondary N) is 1. The van der Waals surface area contributed by atoms with Crippen molar-refractivity contribution < 1.29 is 14.1 Å². The van der Waals surface area contributed by atoms with E-state index in [1.807, 2.05) is 27.8 Å². The number of amides is 2. The van der Waals surface area contributed by atoms with Gasteiger partial charge in [0, 0.05) is 37.2 Å². The van der Waals surface area contributed by atoms with E-state index in [1.165, 1.54) is 6.39 Å². The maximum atomic E-state index is 12.3. The van der Waals surface area contributed by atoms with Gasteiger partial charge >= 0.3 is 0 Å². The number of carbonyl (C=O) groups is 2. The number of rotatable bonds is 8. The lowest BCUT2D eigenvalue weighted by molar-refractivity contribution is -0.134. The van der Waals surface area contributed by atoms with Gasteiger partial charge in [0.25, 0.3) is 5.91 Å². The Balaban J connectivity index is 1.83. The normalized spacial score (nSPS) is 13.1. The van der Waals surface area contributed by atoms with Crippen LogP contribution in [0, 0.1) is 11.8 Å². The molecular weight excluding hydrogens is 332 g/mol. The molecule has 0 aliphatic heterocycles. The van der Waals surface area contributed by atoms with E-state index in [0.29, 0.717) is 24.5 Å². The maximum Gasteiger partial charge on any atom is 0.251 e. The van der Waals surface area contributed by atoms with Gasteiger partial charge in [-0.15, -0.1) is 0 Å². The first-order valence-corrected chi connectivity index (χ1v) is 8.82. The van der Waals surface area contributed by atoms with Crippen molar-refractivity contribution in [1.82, 2.24) is 20.4 Å². The number of nitrogens with zero attached hydrogens (tertiary/aromatic N) is 3. The van der Waals surface area contributed by atoms with Crippen LogP contribution < -0.4 is 5.32 Å². The fraction of sp³-hybridized carbons (Fsp3) is 0.474. The largest absolute Gasteiger partial charge is 0.352 e. The lowest BCUT2D eigenvalue weighted by Crippen LogP contribution is -2.38. The molecule has 0 aliphatic carbocycles. The Bertz CT molecular complexity index is 713. The average Bonchev–Trinajstić information content (AvgIpc) is 3.19. The minimum absolute atomic E-state index is 0.0273. The second-order valence-electron chi connectivity index (χ2n) is 6.68. The summed E-state index contributed by atoms with van der Waals surface area (Å²) < 4.78 is 4.71. The minimum Gasteiger partial charge on any atom is -0.352 e. The molecule has 2 unspecified atom stereocenters. The van der Waals surface area contributed by atoms with Gasteiger partial charge in [0.05, 0.1) is 0 Å². The van der Waals surface area contributed by atoms with Gasteiger partial charge in [0.15, 0.2) is 0 Å². The molecule has 0 radical (unpaired) electrons. The predicted molar refractivity (Wildman–Crippen MR) is 98.3 cm³/mol. The molecule has 0 bridgehead atoms. The van der Waals surface area contributed by atoms with Crippen molar-refractivity contribution in [2.24, 2.45) is 11.8 Å². The summed E-state index contributed by atoms with van der Waals surface area (Å²) in [6.07, 6.45) is 2.09. The number of aromatic nitrogens is 2. The zero-order valence-electron chi connectivity index (χ0n) is 15.7. The molecule has 0 saturated heterocycles. The van der Waals surface area contributed by atoms with E-state index < -0.39 is 0 Å². The highest BCUT2D eigenvalue weighted by molar-refractivity contribution is 5.94. The summed E-state index contributed by atoms with van der Waals surface area (Å²) in [6.45, 7) is 7.07. The Labute approximate surface area is 153 Å². The molecule has 1 N–H and O–H groups in total. The summed E-state index contributed by atoms with van der Waals surface area (Å²) in [5.41, 5.74) is 1.35. The van der Waals surface area contributed by atoms with Crippen LogP contribution in [0.5, 0.6) is 0 Å². The molecule has 0 spiro atoms. The van der Waals surface area contributed by atoms with E-state index in [-0.39, 0.29) is 23.7 Å². The van der Waals surface area contributed by atoms with Crippen molar-refractivity contribution in [3.05, 3.63) is 36.2 Å². The highest BCUT2D eigenvalue weighted by Gasteiger charge is 2.18. The summed E-state index contributed by atoms with van der Waals surface area (Å²) in [5, 5.41) is 6.68. The molecule has 2 amide bonds. The van der Waals surface area contributed by atoms with Gasteiger partial charge in [0.2, 0.25) is 18.1 Å². The summed E-state index contributed by atoms with van der Waals surface area (Å²) in [5.74, 6) is 0.671. The molecule has 0 saturated carbocycles. The quantitative estimate of drug-likeness (QED) is 0.783. The molecule has 1 aromatic carbocycles. The van der Waals surface area contributed by atoms with Crippen LogP contribution in [0.1, 0.15) is 37.6 Å². The van der Waals surface area contributed by atoms with Crippen LogP contribution >= 0.6 is 0 Å². The van der Waals surface area contributed by atoms with Crippen LogP contribution in [0.25, 0.3) is 11.4 Å². The predicted octanol–water partition coefficient (Wildman–Crippen LogP) is 2.61. The highest BCUT2D eigenvalue weighted by atomic mass is 16.5. The molecule has 140 valence electrons. The Hall–Kier alpha value is -2.70. The maximum absolute atomic E-state index is 12.3. The third-order valence-electron chi connectivity index (χ3n) is 4.37. The van der Waals surface area contributed by atoms with Gasteiger partial charge in [-0.25, -0.2) is 0 Å². The summed E-state index contributed by atoms with van der Waals surface area (Å²) >= 11 is 0. The van der Waals surface area contributed by atoms with Crippen molar-refractivity contribution in [1.29, 1.82) is 0 Å². The first-order valence-electron chi connectivity index (χ1n) is 8.82. The Morgan fingerprint density at radius 3 is 2.50 bits per heavy atom. The average molecular weight is 358 g/mol. The van der Waals surface area contributed by atoms with Gasteiger partial charge in [-0.1, -0.05) is 38.1 Å². The SMILES string of the molecule is CCC(C)C(=O)N(C)CC(C)CNC(=O)c1ccc(-c2ncon2)cc1. The standard InChI is InChI=1S/C19H26N4O3/c1-5-14(3)19(25)23(4)11-13(2)10-20-18(24)16-8-6-15(7-9-16)17-21-12-26-22-17/h6-9,12-14H,5,10-11H2,1-4H3,(H,20,24). The van der Waals surface area contributed by atoms with Crippen molar-refractivity contribution in [2.45, 2.75) is 27.2 Å². The molecule has 2 rings (SSSR count). The van der Waals surface area contributed by atoms with Gasteiger partial charge in [-0.3, -0.25) is 9.59 Å². The van der Waals surface area contributed by atoms with Gasteiger partial charge in [-0.2, -0.15) is 4.98 Å². The fourth-order valence-electron chi connectivity index (χ4n) is 2.61. The molecule has 7 nitrogen and oxygen atoms in total. The molecule has 7 heteroatoms. The molecule has 0 fully saturated rings. The third kappa shape index (κ3) is 5.15. The lowest BCUT2D eigenvalue weighted by Gasteiger charge is -2.24. The minimum atomic E-state index is -0.146. The first-order chi connectivity index (χ1) is 12.4. The Kier molecular flexibility index (Phi) is 6.89. The van der Waals surface area contributed by atoms with E-state index in [0.717, 1.165) is 12.0 Å². The second-order valence-corrected chi connectivity index (χ2v) is 6.68. The van der Waals surface area contributed by atoms with Gasteiger partial charge < -0.3 is 14.7 Å². The van der Waals surface area contributed by atoms with Crippen LogP contribution in [0.4, 0.5) is 0 Å². The van der Waals surface area contributed by atoms with E-state index in [4.69, 9.17) is 4.52 Å². The molecule has 26 heavy (non-hydrogen) atoms. The van der Waals surface area contributed by atoms with Gasteiger partial charge in [0.1, 0.15) is 0 Å². The Morgan fingerprint density at radius 1 is 1.23 bits per heavy atom. The van der Waals surface area contributed by atoms with Crippen LogP contribution in [0.15, 0.2) is 35.2 Å². The Morgan fingerprint density at radius 2 is 1.92 bits per heavy atom. The number of benzene rings is 1. The molecule has 1 aromatic heterocycles. The van der Waals surface area contributed by atoms with Gasteiger partial charge in [-0.05, 0) is 24.5 Å². The number of hydrogen-bond acceptors (Lipinski definition) is 5. The number of carbonyl (C=O) groups excluding carboxylic acids is 2. The van der Waals surface area contributed by atoms with Crippen LogP contribution in [-0.4, -0.2) is 47.0 Å². The highest BCUT2D eigenvalue weighted by Crippen LogP contribution is 2.15. The zero-order chi connectivity index (χ0) is 19.1. The van der Waals surface area contributed by atoms with Crippen LogP contribution in [0.2, 0.25) is 0 Å². The zero-order valence-corrected chi connectivity index (χ0v) is 15.7. The number of hydrogen-bond donors (Lipinski definition) is 1. The third-order valence-corrected chi connectivity index (χ3v) is 4.37. The van der Waals surface area contributed by atoms with Crippen LogP contribution in [0.3, 0.4) is 0 Å². The van der Waals surface area contributed by atoms with Crippen molar-refractivity contribution in [2.75, 3.05) is 20.1 Å². The van der Waals surface area contributed by atoms with E-state index in [1.54, 1.807) is 29.2 Å². The lowest BCUT2D eigenvalue weighted by atomic mass is 10.1. The molecule has 2 aromatic rings. The van der Waals surface area contributed by atoms with E-state index >= 15 is 0 Å². The smallest absolute Gasteiger partial charge is 0.251 e. The molecule has 0 aliphatic rings. The molecule has 2 atom stereocenters. The topological polar surface area (TPSA) is 88.3 Å². The monoisotopic (exact) mass is 358 g/mol. The molecular formula is C19H26N4O3. The summed E-state index contributed by atoms with van der Waals surface area (Å²) in [6, 6.07) is 7.01. The summed E-state index contributed by atoms with van der Waals surface area (Å²) in [4.78, 5) is 30.1.